The van der Waals surface area contributed by atoms with Crippen LogP contribution >= 0.6 is 0 Å². The summed E-state index contributed by atoms with van der Waals surface area (Å²) in [5.41, 5.74) is 0. The average Bonchev–Trinajstić information content (AvgIpc) is 2.33. The van der Waals surface area contributed by atoms with Crippen LogP contribution in [0.3, 0.4) is 0 Å². The van der Waals surface area contributed by atoms with Gasteiger partial charge in [0.1, 0.15) is 0 Å². The highest BCUT2D eigenvalue weighted by Gasteiger charge is 2.26. The third kappa shape index (κ3) is 1.41. The number of hydrogen-bond acceptors (Lipinski definition) is 3. The Kier molecular flexibility index (Phi) is 2.45. The number of aliphatic hydroxyl groups excluding tert-OH is 1. The quantitative estimate of drug-likeness (QED) is 0.557. The minimum Gasteiger partial charge on any atom is -0.396 e. The van der Waals surface area contributed by atoms with Crippen molar-refractivity contribution in [3.63, 3.8) is 0 Å². The van der Waals surface area contributed by atoms with Crippen LogP contribution in [0.2, 0.25) is 0 Å². The molecule has 0 aromatic heterocycles. The molecule has 54 valence electrons. The van der Waals surface area contributed by atoms with E-state index in [4.69, 9.17) is 14.6 Å². The zero-order valence-corrected chi connectivity index (χ0v) is 5.54. The molecule has 0 spiro atoms. The van der Waals surface area contributed by atoms with Crippen molar-refractivity contribution in [2.45, 2.75) is 6.10 Å². The van der Waals surface area contributed by atoms with Gasteiger partial charge in [0.05, 0.1) is 25.9 Å². The normalized spacial score (nSPS) is 35.3. The zero-order valence-electron chi connectivity index (χ0n) is 5.54. The molecule has 3 heteroatoms. The summed E-state index contributed by atoms with van der Waals surface area (Å²) in [6, 6.07) is 0. The zero-order chi connectivity index (χ0) is 6.69. The second-order valence-electron chi connectivity index (χ2n) is 2.25. The van der Waals surface area contributed by atoms with Gasteiger partial charge in [-0.05, 0) is 0 Å². The minimum absolute atomic E-state index is 0.106. The topological polar surface area (TPSA) is 38.7 Å². The Morgan fingerprint density at radius 2 is 2.44 bits per heavy atom. The first-order chi connectivity index (χ1) is 4.38. The molecule has 1 heterocycles. The van der Waals surface area contributed by atoms with Crippen molar-refractivity contribution in [2.75, 3.05) is 26.9 Å². The van der Waals surface area contributed by atoms with Crippen molar-refractivity contribution in [2.24, 2.45) is 5.92 Å². The Bertz CT molecular complexity index is 74.4. The lowest BCUT2D eigenvalue weighted by Gasteiger charge is -2.11. The molecule has 0 aliphatic carbocycles. The van der Waals surface area contributed by atoms with Crippen LogP contribution in [0, 0.1) is 5.92 Å². The van der Waals surface area contributed by atoms with Crippen LogP contribution in [0.1, 0.15) is 0 Å². The van der Waals surface area contributed by atoms with Gasteiger partial charge in [-0.2, -0.15) is 0 Å². The molecule has 1 rings (SSSR count). The molecule has 3 nitrogen and oxygen atoms in total. The van der Waals surface area contributed by atoms with Crippen LogP contribution in [-0.4, -0.2) is 38.1 Å². The monoisotopic (exact) mass is 132 g/mol. The first kappa shape index (κ1) is 6.99. The highest BCUT2D eigenvalue weighted by molar-refractivity contribution is 4.73. The fraction of sp³-hybridized carbons (Fsp3) is 1.00. The summed E-state index contributed by atoms with van der Waals surface area (Å²) in [6.45, 7) is 1.43. The third-order valence-corrected chi connectivity index (χ3v) is 1.68. The number of ether oxygens (including phenoxy) is 2. The maximum atomic E-state index is 8.71. The number of hydrogen-bond donors (Lipinski definition) is 1. The largest absolute Gasteiger partial charge is 0.396 e. The van der Waals surface area contributed by atoms with E-state index in [1.807, 2.05) is 0 Å². The van der Waals surface area contributed by atoms with E-state index in [1.54, 1.807) is 7.11 Å². The molecule has 1 fully saturated rings. The second kappa shape index (κ2) is 3.15. The number of methoxy groups -OCH3 is 1. The molecule has 1 aliphatic heterocycles. The molecule has 1 saturated heterocycles. The fourth-order valence-electron chi connectivity index (χ4n) is 1.01. The first-order valence-corrected chi connectivity index (χ1v) is 3.10. The van der Waals surface area contributed by atoms with Crippen molar-refractivity contribution in [3.05, 3.63) is 0 Å². The molecule has 0 bridgehead atoms. The van der Waals surface area contributed by atoms with Crippen molar-refractivity contribution in [1.29, 1.82) is 0 Å². The predicted octanol–water partition coefficient (Wildman–Crippen LogP) is -0.360. The Morgan fingerprint density at radius 1 is 1.67 bits per heavy atom. The van der Waals surface area contributed by atoms with E-state index in [0.717, 1.165) is 0 Å². The van der Waals surface area contributed by atoms with Crippen LogP contribution in [0.15, 0.2) is 0 Å². The van der Waals surface area contributed by atoms with E-state index in [-0.39, 0.29) is 18.6 Å². The Morgan fingerprint density at radius 3 is 2.89 bits per heavy atom. The van der Waals surface area contributed by atoms with Gasteiger partial charge in [-0.25, -0.2) is 0 Å². The minimum atomic E-state index is 0.106. The summed E-state index contributed by atoms with van der Waals surface area (Å²) in [7, 11) is 1.64. The van der Waals surface area contributed by atoms with Gasteiger partial charge in [-0.15, -0.1) is 0 Å². The predicted molar refractivity (Wildman–Crippen MR) is 32.2 cm³/mol. The summed E-state index contributed by atoms with van der Waals surface area (Å²) >= 11 is 0. The molecule has 9 heavy (non-hydrogen) atoms. The molecule has 2 atom stereocenters. The standard InChI is InChI=1S/C6H12O3/c1-8-6-4-9-3-5(6)2-7/h5-7H,2-4H2,1H3/t5-,6+/m1/s1. The van der Waals surface area contributed by atoms with E-state index in [0.29, 0.717) is 13.2 Å². The first-order valence-electron chi connectivity index (χ1n) is 3.10. The van der Waals surface area contributed by atoms with Crippen molar-refractivity contribution in [3.8, 4) is 0 Å². The maximum Gasteiger partial charge on any atom is 0.0876 e. The van der Waals surface area contributed by atoms with Gasteiger partial charge >= 0.3 is 0 Å². The molecular formula is C6H12O3. The van der Waals surface area contributed by atoms with E-state index in [1.165, 1.54) is 0 Å². The second-order valence-corrected chi connectivity index (χ2v) is 2.25. The molecule has 0 aromatic rings. The molecule has 0 saturated carbocycles. The molecule has 0 radical (unpaired) electrons. The van der Waals surface area contributed by atoms with E-state index < -0.39 is 0 Å². The summed E-state index contributed by atoms with van der Waals surface area (Å²) < 4.78 is 10.1. The van der Waals surface area contributed by atoms with Crippen LogP contribution < -0.4 is 0 Å². The van der Waals surface area contributed by atoms with E-state index in [2.05, 4.69) is 0 Å². The van der Waals surface area contributed by atoms with Crippen LogP contribution in [0.4, 0.5) is 0 Å². The highest BCUT2D eigenvalue weighted by Crippen LogP contribution is 2.14. The van der Waals surface area contributed by atoms with Gasteiger partial charge in [-0.1, -0.05) is 0 Å². The van der Waals surface area contributed by atoms with Gasteiger partial charge in [-0.3, -0.25) is 0 Å². The molecule has 1 aliphatic rings. The van der Waals surface area contributed by atoms with Gasteiger partial charge in [0, 0.05) is 13.0 Å². The van der Waals surface area contributed by atoms with Crippen LogP contribution in [0.25, 0.3) is 0 Å². The number of rotatable bonds is 2. The fourth-order valence-corrected chi connectivity index (χ4v) is 1.01. The lowest BCUT2D eigenvalue weighted by Crippen LogP contribution is -2.23. The molecule has 1 N–H and O–H groups in total. The summed E-state index contributed by atoms with van der Waals surface area (Å²) in [5.74, 6) is 0.190. The maximum absolute atomic E-state index is 8.71. The van der Waals surface area contributed by atoms with Gasteiger partial charge in [0.15, 0.2) is 0 Å². The Hall–Kier alpha value is -0.120. The van der Waals surface area contributed by atoms with Crippen molar-refractivity contribution < 1.29 is 14.6 Å². The third-order valence-electron chi connectivity index (χ3n) is 1.68. The van der Waals surface area contributed by atoms with Gasteiger partial charge < -0.3 is 14.6 Å². The molecule has 0 unspecified atom stereocenters. The lowest BCUT2D eigenvalue weighted by molar-refractivity contribution is 0.0511. The van der Waals surface area contributed by atoms with Crippen molar-refractivity contribution in [1.82, 2.24) is 0 Å². The Balaban J connectivity index is 2.32. The summed E-state index contributed by atoms with van der Waals surface area (Å²) in [4.78, 5) is 0. The smallest absolute Gasteiger partial charge is 0.0876 e. The average molecular weight is 132 g/mol. The summed E-state index contributed by atoms with van der Waals surface area (Å²) in [6.07, 6.45) is 0.106. The molecular weight excluding hydrogens is 120 g/mol. The Labute approximate surface area is 54.6 Å². The van der Waals surface area contributed by atoms with Gasteiger partial charge in [0.25, 0.3) is 0 Å². The summed E-state index contributed by atoms with van der Waals surface area (Å²) in [5, 5.41) is 8.71. The highest BCUT2D eigenvalue weighted by atomic mass is 16.5. The number of aliphatic hydroxyl groups is 1. The lowest BCUT2D eigenvalue weighted by atomic mass is 10.1. The molecule has 0 amide bonds. The van der Waals surface area contributed by atoms with E-state index in [9.17, 15) is 0 Å². The molecule has 0 aromatic carbocycles. The van der Waals surface area contributed by atoms with Crippen LogP contribution in [-0.2, 0) is 9.47 Å². The SMILES string of the molecule is CO[C@H]1COC[C@H]1CO. The van der Waals surface area contributed by atoms with Crippen molar-refractivity contribution >= 4 is 0 Å². The van der Waals surface area contributed by atoms with E-state index >= 15 is 0 Å². The van der Waals surface area contributed by atoms with Crippen LogP contribution in [0.5, 0.6) is 0 Å². The van der Waals surface area contributed by atoms with Gasteiger partial charge in [0.2, 0.25) is 0 Å².